The van der Waals surface area contributed by atoms with E-state index in [0.29, 0.717) is 17.0 Å². The van der Waals surface area contributed by atoms with E-state index in [0.717, 1.165) is 11.4 Å². The first-order valence-corrected chi connectivity index (χ1v) is 7.49. The first-order valence-electron chi connectivity index (χ1n) is 7.49. The summed E-state index contributed by atoms with van der Waals surface area (Å²) in [6.45, 7) is 5.76. The molecule has 1 aromatic rings. The molecule has 118 valence electrons. The molecule has 1 aromatic carbocycles. The Hall–Kier alpha value is -2.53. The second-order valence-electron chi connectivity index (χ2n) is 5.93. The summed E-state index contributed by atoms with van der Waals surface area (Å²) in [7, 11) is 0. The normalized spacial score (nSPS) is 24.2. The van der Waals surface area contributed by atoms with E-state index in [1.807, 2.05) is 39.1 Å². The number of hydrogen-bond acceptors (Lipinski definition) is 2. The van der Waals surface area contributed by atoms with E-state index in [1.165, 1.54) is 6.07 Å². The molecule has 2 unspecified atom stereocenters. The van der Waals surface area contributed by atoms with Crippen molar-refractivity contribution in [2.24, 2.45) is 10.7 Å². The Morgan fingerprint density at radius 3 is 2.65 bits per heavy atom. The average molecular weight is 312 g/mol. The first kappa shape index (κ1) is 15.4. The molecular formula is C18H19FN3O+. The summed E-state index contributed by atoms with van der Waals surface area (Å²) in [5, 5.41) is 0. The highest BCUT2D eigenvalue weighted by Gasteiger charge is 2.48. The lowest BCUT2D eigenvalue weighted by molar-refractivity contribution is -0.833. The van der Waals surface area contributed by atoms with Crippen LogP contribution in [0, 0.1) is 5.82 Å². The van der Waals surface area contributed by atoms with Gasteiger partial charge in [0.2, 0.25) is 0 Å². The summed E-state index contributed by atoms with van der Waals surface area (Å²) in [6, 6.07) is 6.41. The number of halogens is 1. The number of nitrogens with zero attached hydrogens (tertiary/aromatic N) is 2. The van der Waals surface area contributed by atoms with E-state index >= 15 is 0 Å². The third-order valence-corrected chi connectivity index (χ3v) is 4.58. The molecule has 0 bridgehead atoms. The van der Waals surface area contributed by atoms with Crippen molar-refractivity contribution in [3.8, 4) is 0 Å². The highest BCUT2D eigenvalue weighted by molar-refractivity contribution is 5.99. The van der Waals surface area contributed by atoms with Gasteiger partial charge in [-0.1, -0.05) is 18.2 Å². The zero-order chi connectivity index (χ0) is 16.8. The summed E-state index contributed by atoms with van der Waals surface area (Å²) in [5.41, 5.74) is 8.22. The molecule has 3 rings (SSSR count). The molecule has 2 N–H and O–H groups in total. The fourth-order valence-corrected chi connectivity index (χ4v) is 3.42. The number of primary amides is 1. The van der Waals surface area contributed by atoms with Crippen LogP contribution in [0.3, 0.4) is 0 Å². The molecule has 4 nitrogen and oxygen atoms in total. The van der Waals surface area contributed by atoms with Gasteiger partial charge in [0, 0.05) is 30.4 Å². The molecule has 0 fully saturated rings. The fraction of sp³-hybridized carbons (Fsp3) is 0.222. The van der Waals surface area contributed by atoms with E-state index in [2.05, 4.69) is 4.99 Å². The van der Waals surface area contributed by atoms with Crippen LogP contribution in [-0.4, -0.2) is 16.1 Å². The predicted octanol–water partition coefficient (Wildman–Crippen LogP) is 3.31. The molecule has 1 amide bonds. The van der Waals surface area contributed by atoms with E-state index in [4.69, 9.17) is 5.73 Å². The number of allylic oxidation sites excluding steroid dienone is 2. The smallest absolute Gasteiger partial charge is 0.256 e. The molecule has 0 spiro atoms. The maximum absolute atomic E-state index is 14.3. The monoisotopic (exact) mass is 312 g/mol. The van der Waals surface area contributed by atoms with Crippen LogP contribution < -0.4 is 5.73 Å². The molecule has 5 heteroatoms. The van der Waals surface area contributed by atoms with E-state index in [-0.39, 0.29) is 16.3 Å². The molecule has 0 saturated carbocycles. The van der Waals surface area contributed by atoms with Crippen molar-refractivity contribution in [2.45, 2.75) is 26.8 Å². The van der Waals surface area contributed by atoms with Crippen LogP contribution in [0.5, 0.6) is 0 Å². The molecule has 0 aliphatic carbocycles. The van der Waals surface area contributed by atoms with Gasteiger partial charge in [0.25, 0.3) is 11.7 Å². The largest absolute Gasteiger partial charge is 0.365 e. The summed E-state index contributed by atoms with van der Waals surface area (Å²) in [5.74, 6) is -0.235. The van der Waals surface area contributed by atoms with Crippen molar-refractivity contribution in [2.75, 3.05) is 0 Å². The standard InChI is InChI=1S/C18H18FN3O/c1-11-10-12(2)22(9-8-15(17(20)23)18(22)21-11)13(3)14-6-4-5-7-16(14)19/h4-10,13H,1-3H3,(H-,20,23)/p+1. The van der Waals surface area contributed by atoms with Gasteiger partial charge in [-0.05, 0) is 19.9 Å². The molecule has 2 atom stereocenters. The topological polar surface area (TPSA) is 55.4 Å². The molecule has 2 heterocycles. The molecular weight excluding hydrogens is 293 g/mol. The van der Waals surface area contributed by atoms with Gasteiger partial charge in [0.05, 0.1) is 0 Å². The Balaban J connectivity index is 2.23. The average Bonchev–Trinajstić information content (AvgIpc) is 2.88. The number of carbonyl (C=O) groups excluding carboxylic acids is 1. The summed E-state index contributed by atoms with van der Waals surface area (Å²) < 4.78 is 14.5. The Kier molecular flexibility index (Phi) is 3.53. The highest BCUT2D eigenvalue weighted by atomic mass is 19.1. The predicted molar refractivity (Wildman–Crippen MR) is 87.3 cm³/mol. The zero-order valence-corrected chi connectivity index (χ0v) is 13.4. The van der Waals surface area contributed by atoms with Gasteiger partial charge in [0.15, 0.2) is 0 Å². The van der Waals surface area contributed by atoms with Crippen LogP contribution in [0.25, 0.3) is 0 Å². The van der Waals surface area contributed by atoms with Crippen molar-refractivity contribution in [1.29, 1.82) is 0 Å². The summed E-state index contributed by atoms with van der Waals surface area (Å²) in [4.78, 5) is 16.3. The van der Waals surface area contributed by atoms with Gasteiger partial charge in [-0.25, -0.2) is 13.9 Å². The van der Waals surface area contributed by atoms with Crippen molar-refractivity contribution < 1.29 is 13.7 Å². The summed E-state index contributed by atoms with van der Waals surface area (Å²) >= 11 is 0. The minimum absolute atomic E-state index is 0.191. The van der Waals surface area contributed by atoms with Crippen molar-refractivity contribution in [1.82, 2.24) is 0 Å². The first-order chi connectivity index (χ1) is 10.9. The second kappa shape index (κ2) is 5.28. The molecule has 0 saturated heterocycles. The number of nitrogens with two attached hydrogens (primary N) is 1. The quantitative estimate of drug-likeness (QED) is 0.855. The maximum atomic E-state index is 14.3. The second-order valence-corrected chi connectivity index (χ2v) is 5.93. The molecule has 23 heavy (non-hydrogen) atoms. The SMILES string of the molecule is CC1=CC(C)=NC2=C(C(N)=O)C=C[N+]12C(C)c1ccccc1F. The number of carbonyl (C=O) groups is 1. The van der Waals surface area contributed by atoms with E-state index in [9.17, 15) is 9.18 Å². The van der Waals surface area contributed by atoms with Crippen molar-refractivity contribution in [3.63, 3.8) is 0 Å². The molecule has 0 radical (unpaired) electrons. The lowest BCUT2D eigenvalue weighted by Gasteiger charge is -2.40. The number of quaternary nitrogens is 1. The lowest BCUT2D eigenvalue weighted by Crippen LogP contribution is -2.43. The van der Waals surface area contributed by atoms with E-state index < -0.39 is 5.91 Å². The van der Waals surface area contributed by atoms with Crippen LogP contribution in [0.2, 0.25) is 0 Å². The summed E-state index contributed by atoms with van der Waals surface area (Å²) in [6.07, 6.45) is 5.51. The molecule has 2 aliphatic rings. The number of hydrogen-bond donors (Lipinski definition) is 1. The number of amides is 1. The third-order valence-electron chi connectivity index (χ3n) is 4.58. The van der Waals surface area contributed by atoms with Crippen LogP contribution in [-0.2, 0) is 4.79 Å². The van der Waals surface area contributed by atoms with Gasteiger partial charge >= 0.3 is 0 Å². The van der Waals surface area contributed by atoms with Gasteiger partial charge < -0.3 is 5.73 Å². The highest BCUT2D eigenvalue weighted by Crippen LogP contribution is 2.46. The van der Waals surface area contributed by atoms with Crippen LogP contribution in [0.4, 0.5) is 4.39 Å². The van der Waals surface area contributed by atoms with Gasteiger partial charge in [-0.15, -0.1) is 0 Å². The van der Waals surface area contributed by atoms with Crippen molar-refractivity contribution >= 4 is 11.6 Å². The number of fused-ring (bicyclic) bond motifs is 1. The zero-order valence-electron chi connectivity index (χ0n) is 13.4. The lowest BCUT2D eigenvalue weighted by atomic mass is 10.0. The van der Waals surface area contributed by atoms with Gasteiger partial charge in [-0.2, -0.15) is 0 Å². The van der Waals surface area contributed by atoms with Crippen LogP contribution in [0.15, 0.2) is 64.7 Å². The Labute approximate surface area is 134 Å². The maximum Gasteiger partial charge on any atom is 0.256 e. The Bertz CT molecular complexity index is 819. The van der Waals surface area contributed by atoms with Gasteiger partial charge in [-0.3, -0.25) is 4.79 Å². The molecule has 0 aromatic heterocycles. The number of aliphatic imine (C=N–C) groups is 1. The number of rotatable bonds is 3. The van der Waals surface area contributed by atoms with Crippen LogP contribution in [0.1, 0.15) is 32.4 Å². The van der Waals surface area contributed by atoms with Crippen LogP contribution >= 0.6 is 0 Å². The molecule has 2 aliphatic heterocycles. The van der Waals surface area contributed by atoms with Gasteiger partial charge in [0.1, 0.15) is 29.3 Å². The Morgan fingerprint density at radius 2 is 2.00 bits per heavy atom. The minimum Gasteiger partial charge on any atom is -0.365 e. The minimum atomic E-state index is -0.525. The van der Waals surface area contributed by atoms with Crippen molar-refractivity contribution in [3.05, 3.63) is 71.1 Å². The fourth-order valence-electron chi connectivity index (χ4n) is 3.42. The van der Waals surface area contributed by atoms with E-state index in [1.54, 1.807) is 18.2 Å². The Morgan fingerprint density at radius 1 is 1.30 bits per heavy atom. The third kappa shape index (κ3) is 2.16. The number of benzene rings is 1.